The van der Waals surface area contributed by atoms with E-state index in [-0.39, 0.29) is 12.1 Å². The Bertz CT molecular complexity index is 1340. The van der Waals surface area contributed by atoms with Gasteiger partial charge < -0.3 is 20.7 Å². The zero-order valence-corrected chi connectivity index (χ0v) is 20.6. The maximum atomic E-state index is 12.4. The third-order valence-electron chi connectivity index (χ3n) is 6.13. The Morgan fingerprint density at radius 2 is 2.28 bits per heavy atom. The molecule has 1 saturated heterocycles. The first-order chi connectivity index (χ1) is 17.4. The van der Waals surface area contributed by atoms with Crippen molar-refractivity contribution in [3.8, 4) is 0 Å². The quantitative estimate of drug-likeness (QED) is 0.273. The molecule has 1 fully saturated rings. The molecule has 2 atom stereocenters. The van der Waals surface area contributed by atoms with E-state index >= 15 is 0 Å². The number of morpholine rings is 1. The molecular formula is C22H26N10O3S. The third kappa shape index (κ3) is 4.46. The molecule has 188 valence electrons. The van der Waals surface area contributed by atoms with Gasteiger partial charge in [-0.25, -0.2) is 30.4 Å². The van der Waals surface area contributed by atoms with Gasteiger partial charge in [0.25, 0.3) is 5.79 Å². The molecule has 3 aromatic heterocycles. The van der Waals surface area contributed by atoms with Crippen LogP contribution in [0.2, 0.25) is 0 Å². The van der Waals surface area contributed by atoms with Crippen LogP contribution < -0.4 is 21.4 Å². The number of carbonyl (C=O) groups excluding carboxylic acids is 1. The van der Waals surface area contributed by atoms with Crippen LogP contribution in [0.25, 0.3) is 10.2 Å². The van der Waals surface area contributed by atoms with Crippen molar-refractivity contribution in [2.45, 2.75) is 25.4 Å². The van der Waals surface area contributed by atoms with Crippen LogP contribution in [0.4, 0.5) is 11.9 Å². The van der Waals surface area contributed by atoms with Gasteiger partial charge in [-0.1, -0.05) is 0 Å². The van der Waals surface area contributed by atoms with Crippen molar-refractivity contribution >= 4 is 45.6 Å². The minimum atomic E-state index is -1.46. The monoisotopic (exact) mass is 510 g/mol. The highest BCUT2D eigenvalue weighted by Crippen LogP contribution is 2.30. The third-order valence-corrected chi connectivity index (χ3v) is 7.18. The van der Waals surface area contributed by atoms with Gasteiger partial charge in [-0.2, -0.15) is 0 Å². The van der Waals surface area contributed by atoms with Crippen molar-refractivity contribution in [3.05, 3.63) is 46.9 Å². The van der Waals surface area contributed by atoms with Gasteiger partial charge in [0.15, 0.2) is 0 Å². The number of hydroxylamine groups is 1. The van der Waals surface area contributed by atoms with E-state index in [9.17, 15) is 10.0 Å². The maximum absolute atomic E-state index is 12.4. The Morgan fingerprint density at radius 3 is 3.03 bits per heavy atom. The number of allylic oxidation sites excluding steroid dienone is 1. The average molecular weight is 511 g/mol. The fourth-order valence-electron chi connectivity index (χ4n) is 4.27. The molecule has 1 amide bonds. The second-order valence-corrected chi connectivity index (χ2v) is 9.63. The van der Waals surface area contributed by atoms with Crippen LogP contribution in [0.5, 0.6) is 0 Å². The number of anilines is 2. The van der Waals surface area contributed by atoms with Gasteiger partial charge in [0.2, 0.25) is 11.9 Å². The van der Waals surface area contributed by atoms with Gasteiger partial charge in [0.05, 0.1) is 29.6 Å². The number of nitrogen functional groups attached to an aromatic ring is 1. The number of aliphatic imine (C=N–C) groups is 1. The van der Waals surface area contributed by atoms with Crippen molar-refractivity contribution in [1.82, 2.24) is 35.6 Å². The van der Waals surface area contributed by atoms with Gasteiger partial charge in [0.1, 0.15) is 6.10 Å². The van der Waals surface area contributed by atoms with Crippen molar-refractivity contribution in [1.29, 1.82) is 0 Å². The van der Waals surface area contributed by atoms with E-state index in [2.05, 4.69) is 30.2 Å². The van der Waals surface area contributed by atoms with E-state index in [0.29, 0.717) is 32.2 Å². The number of hydrogen-bond acceptors (Lipinski definition) is 13. The molecule has 2 aliphatic heterocycles. The van der Waals surface area contributed by atoms with Gasteiger partial charge in [-0.15, -0.1) is 11.3 Å². The molecule has 5 heterocycles. The van der Waals surface area contributed by atoms with E-state index in [1.54, 1.807) is 35.9 Å². The number of aryl methyl sites for hydroxylation is 1. The SMILES string of the molecule is Cc1nc(N)ncc1C1CN(c2ncc3sc(CN(C)C4(C(=O)NO)N=CC=CN4)cc3n2)CCO1. The second-order valence-electron chi connectivity index (χ2n) is 8.46. The molecule has 0 aromatic carbocycles. The van der Waals surface area contributed by atoms with Crippen molar-refractivity contribution in [2.75, 3.05) is 37.4 Å². The summed E-state index contributed by atoms with van der Waals surface area (Å²) in [6.45, 7) is 4.02. The number of amides is 1. The first kappa shape index (κ1) is 24.0. The minimum Gasteiger partial charge on any atom is -0.370 e. The van der Waals surface area contributed by atoms with Crippen molar-refractivity contribution in [3.63, 3.8) is 0 Å². The number of ether oxygens (including phenoxy) is 1. The van der Waals surface area contributed by atoms with E-state index < -0.39 is 11.7 Å². The molecule has 2 unspecified atom stereocenters. The summed E-state index contributed by atoms with van der Waals surface area (Å²) in [5.74, 6) is -1.29. The topological polar surface area (TPSA) is 167 Å². The Kier molecular flexibility index (Phi) is 6.49. The maximum Gasteiger partial charge on any atom is 0.308 e. The number of nitrogens with two attached hydrogens (primary N) is 1. The molecule has 2 aliphatic rings. The van der Waals surface area contributed by atoms with E-state index in [0.717, 1.165) is 26.4 Å². The van der Waals surface area contributed by atoms with Crippen LogP contribution in [-0.2, 0) is 16.1 Å². The molecule has 13 nitrogen and oxygen atoms in total. The lowest BCUT2D eigenvalue weighted by Crippen LogP contribution is -2.63. The molecular weight excluding hydrogens is 484 g/mol. The van der Waals surface area contributed by atoms with Crippen LogP contribution in [0.3, 0.4) is 0 Å². The Labute approximate surface area is 210 Å². The minimum absolute atomic E-state index is 0.211. The fourth-order valence-corrected chi connectivity index (χ4v) is 5.29. The lowest BCUT2D eigenvalue weighted by Gasteiger charge is -2.37. The number of carbonyl (C=O) groups is 1. The van der Waals surface area contributed by atoms with Crippen molar-refractivity contribution < 1.29 is 14.7 Å². The highest BCUT2D eigenvalue weighted by molar-refractivity contribution is 7.18. The lowest BCUT2D eigenvalue weighted by molar-refractivity contribution is -0.143. The summed E-state index contributed by atoms with van der Waals surface area (Å²) in [6.07, 6.45) is 8.10. The van der Waals surface area contributed by atoms with E-state index in [1.165, 1.54) is 17.6 Å². The molecule has 3 aromatic rings. The molecule has 0 radical (unpaired) electrons. The molecule has 14 heteroatoms. The molecule has 0 spiro atoms. The molecule has 36 heavy (non-hydrogen) atoms. The Hall–Kier alpha value is -3.72. The fraction of sp³-hybridized carbons (Fsp3) is 0.364. The normalized spacial score (nSPS) is 21.7. The highest BCUT2D eigenvalue weighted by atomic mass is 32.1. The molecule has 0 aliphatic carbocycles. The predicted octanol–water partition coefficient (Wildman–Crippen LogP) is 0.729. The zero-order chi connectivity index (χ0) is 25.3. The molecule has 5 rings (SSSR count). The number of rotatable bonds is 6. The summed E-state index contributed by atoms with van der Waals surface area (Å²) >= 11 is 1.53. The van der Waals surface area contributed by atoms with Crippen molar-refractivity contribution in [2.24, 2.45) is 4.99 Å². The van der Waals surface area contributed by atoms with Gasteiger partial charge in [-0.3, -0.25) is 14.9 Å². The van der Waals surface area contributed by atoms with E-state index in [4.69, 9.17) is 15.5 Å². The summed E-state index contributed by atoms with van der Waals surface area (Å²) in [7, 11) is 1.75. The van der Waals surface area contributed by atoms with Crippen LogP contribution >= 0.6 is 11.3 Å². The summed E-state index contributed by atoms with van der Waals surface area (Å²) in [6, 6.07) is 1.98. The summed E-state index contributed by atoms with van der Waals surface area (Å²) in [5.41, 5.74) is 9.88. The number of hydrogen-bond donors (Lipinski definition) is 4. The van der Waals surface area contributed by atoms with Gasteiger partial charge in [-0.05, 0) is 26.1 Å². The number of thiophene rings is 1. The first-order valence-corrected chi connectivity index (χ1v) is 12.1. The highest BCUT2D eigenvalue weighted by Gasteiger charge is 2.42. The summed E-state index contributed by atoms with van der Waals surface area (Å²) < 4.78 is 6.90. The van der Waals surface area contributed by atoms with E-state index in [1.807, 2.05) is 19.2 Å². The second kappa shape index (κ2) is 9.73. The average Bonchev–Trinajstić information content (AvgIpc) is 3.30. The predicted molar refractivity (Wildman–Crippen MR) is 134 cm³/mol. The van der Waals surface area contributed by atoms with Crippen LogP contribution in [-0.4, -0.2) is 74.7 Å². The standard InChI is InChI=1S/C22H26N10O3S/c1-13-15(9-24-20(23)28-13)17-12-32(6-7-35-17)21-25-10-18-16(29-21)8-14(36-18)11-31(2)22(19(33)30-34)26-4-3-5-27-22/h3-5,8-10,17,26,34H,6-7,11-12H2,1-2H3,(H,30,33)(H2,23,24,28). The number of nitrogens with one attached hydrogen (secondary N) is 2. The number of aromatic nitrogens is 4. The zero-order valence-electron chi connectivity index (χ0n) is 19.7. The first-order valence-electron chi connectivity index (χ1n) is 11.2. The molecule has 0 bridgehead atoms. The number of likely N-dealkylation sites (N-methyl/N-ethyl adjacent to an activating group) is 1. The summed E-state index contributed by atoms with van der Waals surface area (Å²) in [5, 5.41) is 12.2. The number of fused-ring (bicyclic) bond motifs is 1. The Morgan fingerprint density at radius 1 is 1.42 bits per heavy atom. The Balaban J connectivity index is 1.34. The lowest BCUT2D eigenvalue weighted by atomic mass is 10.1. The van der Waals surface area contributed by atoms with Gasteiger partial charge in [0, 0.05) is 47.8 Å². The van der Waals surface area contributed by atoms with Crippen LogP contribution in [0, 0.1) is 6.92 Å². The number of nitrogens with zero attached hydrogens (tertiary/aromatic N) is 7. The smallest absolute Gasteiger partial charge is 0.308 e. The van der Waals surface area contributed by atoms with Gasteiger partial charge >= 0.3 is 5.91 Å². The van der Waals surface area contributed by atoms with Crippen LogP contribution in [0.1, 0.15) is 22.2 Å². The largest absolute Gasteiger partial charge is 0.370 e. The van der Waals surface area contributed by atoms with Crippen LogP contribution in [0.15, 0.2) is 35.7 Å². The molecule has 5 N–H and O–H groups in total. The summed E-state index contributed by atoms with van der Waals surface area (Å²) in [4.78, 5) is 39.2. The molecule has 0 saturated carbocycles.